The summed E-state index contributed by atoms with van der Waals surface area (Å²) in [6.45, 7) is 8.01. The van der Waals surface area contributed by atoms with Crippen molar-refractivity contribution >= 4 is 11.8 Å². The Morgan fingerprint density at radius 1 is 1.60 bits per heavy atom. The smallest absolute Gasteiger partial charge is 0.0545 e. The van der Waals surface area contributed by atoms with Gasteiger partial charge in [0.15, 0.2) is 0 Å². The molecule has 2 nitrogen and oxygen atoms in total. The van der Waals surface area contributed by atoms with Crippen molar-refractivity contribution in [2.45, 2.75) is 32.4 Å². The van der Waals surface area contributed by atoms with Crippen molar-refractivity contribution in [3.05, 3.63) is 0 Å². The summed E-state index contributed by atoms with van der Waals surface area (Å²) in [5, 5.41) is 3.53. The highest BCUT2D eigenvalue weighted by atomic mass is 32.2. The Morgan fingerprint density at radius 2 is 2.40 bits per heavy atom. The van der Waals surface area contributed by atoms with Gasteiger partial charge in [-0.2, -0.15) is 0 Å². The van der Waals surface area contributed by atoms with Crippen LogP contribution in [-0.2, 0) is 0 Å². The first-order chi connectivity index (χ1) is 7.27. The SMILES string of the molecule is C#CCSCCN1CC(C)NCC1CC. The molecule has 2 unspecified atom stereocenters. The third-order valence-corrected chi connectivity index (χ3v) is 3.75. The van der Waals surface area contributed by atoms with E-state index in [1.807, 2.05) is 11.8 Å². The predicted octanol–water partition coefficient (Wildman–Crippen LogP) is 1.43. The van der Waals surface area contributed by atoms with Crippen molar-refractivity contribution in [2.24, 2.45) is 0 Å². The Morgan fingerprint density at radius 3 is 3.07 bits per heavy atom. The Kier molecular flexibility index (Phi) is 6.16. The summed E-state index contributed by atoms with van der Waals surface area (Å²) in [5.41, 5.74) is 0. The van der Waals surface area contributed by atoms with Crippen LogP contribution in [0.1, 0.15) is 20.3 Å². The minimum absolute atomic E-state index is 0.630. The fourth-order valence-electron chi connectivity index (χ4n) is 2.02. The number of hydrogen-bond acceptors (Lipinski definition) is 3. The summed E-state index contributed by atoms with van der Waals surface area (Å²) in [4.78, 5) is 2.60. The van der Waals surface area contributed by atoms with E-state index in [0.717, 1.165) is 18.1 Å². The van der Waals surface area contributed by atoms with Crippen LogP contribution in [0.25, 0.3) is 0 Å². The summed E-state index contributed by atoms with van der Waals surface area (Å²) < 4.78 is 0. The predicted molar refractivity (Wildman–Crippen MR) is 69.3 cm³/mol. The second-order valence-corrected chi connectivity index (χ2v) is 5.23. The average molecular weight is 226 g/mol. The highest BCUT2D eigenvalue weighted by Gasteiger charge is 2.23. The van der Waals surface area contributed by atoms with Crippen LogP contribution < -0.4 is 5.32 Å². The van der Waals surface area contributed by atoms with Gasteiger partial charge in [0.2, 0.25) is 0 Å². The monoisotopic (exact) mass is 226 g/mol. The van der Waals surface area contributed by atoms with E-state index in [1.165, 1.54) is 19.5 Å². The molecule has 86 valence electrons. The van der Waals surface area contributed by atoms with E-state index < -0.39 is 0 Å². The topological polar surface area (TPSA) is 15.3 Å². The van der Waals surface area contributed by atoms with Crippen molar-refractivity contribution in [3.8, 4) is 12.3 Å². The van der Waals surface area contributed by atoms with Gasteiger partial charge in [-0.1, -0.05) is 12.8 Å². The minimum atomic E-state index is 0.630. The maximum absolute atomic E-state index is 5.23. The number of nitrogens with zero attached hydrogens (tertiary/aromatic N) is 1. The lowest BCUT2D eigenvalue weighted by Crippen LogP contribution is -2.55. The Labute approximate surface area is 98.2 Å². The molecule has 1 saturated heterocycles. The third kappa shape index (κ3) is 4.46. The summed E-state index contributed by atoms with van der Waals surface area (Å²) in [6.07, 6.45) is 6.46. The van der Waals surface area contributed by atoms with Gasteiger partial charge in [-0.05, 0) is 13.3 Å². The second-order valence-electron chi connectivity index (χ2n) is 4.12. The van der Waals surface area contributed by atoms with Crippen LogP contribution in [0.5, 0.6) is 0 Å². The highest BCUT2D eigenvalue weighted by Crippen LogP contribution is 2.11. The number of terminal acetylenes is 1. The molecule has 0 spiro atoms. The molecule has 0 radical (unpaired) electrons. The highest BCUT2D eigenvalue weighted by molar-refractivity contribution is 7.99. The first-order valence-electron chi connectivity index (χ1n) is 5.76. The largest absolute Gasteiger partial charge is 0.311 e. The molecule has 0 aliphatic carbocycles. The number of hydrogen-bond donors (Lipinski definition) is 1. The molecule has 0 aromatic heterocycles. The summed E-state index contributed by atoms with van der Waals surface area (Å²) in [7, 11) is 0. The molecule has 1 aliphatic heterocycles. The molecule has 2 atom stereocenters. The minimum Gasteiger partial charge on any atom is -0.311 e. The molecule has 0 aromatic carbocycles. The van der Waals surface area contributed by atoms with Crippen molar-refractivity contribution in [3.63, 3.8) is 0 Å². The Bertz CT molecular complexity index is 212. The fourth-order valence-corrected chi connectivity index (χ4v) is 2.65. The van der Waals surface area contributed by atoms with E-state index in [0.29, 0.717) is 12.1 Å². The van der Waals surface area contributed by atoms with Gasteiger partial charge in [0.05, 0.1) is 5.75 Å². The number of nitrogens with one attached hydrogen (secondary N) is 1. The standard InChI is InChI=1S/C12H22N2S/c1-4-7-15-8-6-14-10-11(3)13-9-12(14)5-2/h1,11-13H,5-10H2,2-3H3. The van der Waals surface area contributed by atoms with Crippen LogP contribution >= 0.6 is 11.8 Å². The fraction of sp³-hybridized carbons (Fsp3) is 0.833. The van der Waals surface area contributed by atoms with Crippen LogP contribution in [0.15, 0.2) is 0 Å². The lowest BCUT2D eigenvalue weighted by molar-refractivity contribution is 0.140. The van der Waals surface area contributed by atoms with Gasteiger partial charge in [0, 0.05) is 37.5 Å². The van der Waals surface area contributed by atoms with Crippen molar-refractivity contribution in [1.29, 1.82) is 0 Å². The molecule has 1 N–H and O–H groups in total. The van der Waals surface area contributed by atoms with Gasteiger partial charge in [-0.15, -0.1) is 18.2 Å². The molecule has 1 aliphatic rings. The molecule has 1 rings (SSSR count). The van der Waals surface area contributed by atoms with Crippen LogP contribution in [-0.4, -0.2) is 48.1 Å². The second kappa shape index (κ2) is 7.16. The van der Waals surface area contributed by atoms with Crippen molar-refractivity contribution < 1.29 is 0 Å². The van der Waals surface area contributed by atoms with Gasteiger partial charge < -0.3 is 5.32 Å². The van der Waals surface area contributed by atoms with Crippen molar-refractivity contribution in [2.75, 3.05) is 31.1 Å². The molecular formula is C12H22N2S. The van der Waals surface area contributed by atoms with Gasteiger partial charge in [-0.3, -0.25) is 4.90 Å². The quantitative estimate of drug-likeness (QED) is 0.564. The normalized spacial score (nSPS) is 27.5. The van der Waals surface area contributed by atoms with E-state index in [-0.39, 0.29) is 0 Å². The molecule has 0 saturated carbocycles. The summed E-state index contributed by atoms with van der Waals surface area (Å²) in [5.74, 6) is 4.68. The number of piperazine rings is 1. The molecule has 3 heteroatoms. The maximum Gasteiger partial charge on any atom is 0.0545 e. The first-order valence-corrected chi connectivity index (χ1v) is 6.92. The number of thioether (sulfide) groups is 1. The van der Waals surface area contributed by atoms with Crippen LogP contribution in [0, 0.1) is 12.3 Å². The molecular weight excluding hydrogens is 204 g/mol. The van der Waals surface area contributed by atoms with E-state index in [2.05, 4.69) is 30.0 Å². The van der Waals surface area contributed by atoms with Crippen molar-refractivity contribution in [1.82, 2.24) is 10.2 Å². The van der Waals surface area contributed by atoms with E-state index >= 15 is 0 Å². The van der Waals surface area contributed by atoms with E-state index in [4.69, 9.17) is 6.42 Å². The Balaban J connectivity index is 2.26. The lowest BCUT2D eigenvalue weighted by Gasteiger charge is -2.39. The summed E-state index contributed by atoms with van der Waals surface area (Å²) in [6, 6.07) is 1.35. The van der Waals surface area contributed by atoms with Crippen LogP contribution in [0.4, 0.5) is 0 Å². The van der Waals surface area contributed by atoms with E-state index in [9.17, 15) is 0 Å². The molecule has 0 bridgehead atoms. The third-order valence-electron chi connectivity index (χ3n) is 2.91. The van der Waals surface area contributed by atoms with Crippen LogP contribution in [0.2, 0.25) is 0 Å². The molecule has 0 amide bonds. The van der Waals surface area contributed by atoms with Gasteiger partial charge in [-0.25, -0.2) is 0 Å². The zero-order valence-corrected chi connectivity index (χ0v) is 10.6. The average Bonchev–Trinajstić information content (AvgIpc) is 2.25. The van der Waals surface area contributed by atoms with Crippen LogP contribution in [0.3, 0.4) is 0 Å². The Hall–Kier alpha value is -0.170. The molecule has 0 aromatic rings. The number of rotatable bonds is 5. The molecule has 1 heterocycles. The van der Waals surface area contributed by atoms with Gasteiger partial charge in [0.25, 0.3) is 0 Å². The molecule has 1 fully saturated rings. The zero-order valence-electron chi connectivity index (χ0n) is 9.83. The maximum atomic E-state index is 5.23. The van der Waals surface area contributed by atoms with Gasteiger partial charge >= 0.3 is 0 Å². The lowest BCUT2D eigenvalue weighted by atomic mass is 10.1. The summed E-state index contributed by atoms with van der Waals surface area (Å²) >= 11 is 1.86. The van der Waals surface area contributed by atoms with Gasteiger partial charge in [0.1, 0.15) is 0 Å². The first kappa shape index (κ1) is 12.9. The van der Waals surface area contributed by atoms with E-state index in [1.54, 1.807) is 0 Å². The molecule has 15 heavy (non-hydrogen) atoms. The zero-order chi connectivity index (χ0) is 11.1.